The number of anilines is 1. The lowest BCUT2D eigenvalue weighted by molar-refractivity contribution is 0.269. The Morgan fingerprint density at radius 3 is 2.62 bits per heavy atom. The van der Waals surface area contributed by atoms with Gasteiger partial charge in [-0.15, -0.1) is 0 Å². The van der Waals surface area contributed by atoms with Gasteiger partial charge in [0.1, 0.15) is 6.61 Å². The van der Waals surface area contributed by atoms with Crippen LogP contribution in [0.1, 0.15) is 25.0 Å². The fraction of sp³-hybridized carbons (Fsp3) is 0.200. The van der Waals surface area contributed by atoms with Gasteiger partial charge in [-0.2, -0.15) is 5.10 Å². The van der Waals surface area contributed by atoms with E-state index in [1.807, 2.05) is 67.6 Å². The van der Waals surface area contributed by atoms with Crippen molar-refractivity contribution in [2.24, 2.45) is 5.10 Å². The highest BCUT2D eigenvalue weighted by atomic mass is 35.5. The second kappa shape index (κ2) is 10.2. The summed E-state index contributed by atoms with van der Waals surface area (Å²) in [5.41, 5.74) is 6.87. The third-order valence-corrected chi connectivity index (χ3v) is 5.33. The van der Waals surface area contributed by atoms with Crippen LogP contribution >= 0.6 is 11.6 Å². The van der Waals surface area contributed by atoms with Crippen molar-refractivity contribution in [1.82, 2.24) is 9.55 Å². The molecule has 0 aliphatic heterocycles. The Kier molecular flexibility index (Phi) is 6.92. The second-order valence-corrected chi connectivity index (χ2v) is 7.46. The standard InChI is InChI=1S/C25H25ClN4O2/c1-3-30-22-12-8-7-11-21(22)28-25(30)29-27-16-18-13-14-23(24(15-18)31-4-2)32-17-19-9-5-6-10-20(19)26/h5-16H,3-4,17H2,1-2H3,(H,28,29)/b27-16-. The van der Waals surface area contributed by atoms with E-state index in [0.29, 0.717) is 35.7 Å². The number of aryl methyl sites for hydroxylation is 1. The molecular weight excluding hydrogens is 424 g/mol. The number of benzene rings is 3. The van der Waals surface area contributed by atoms with Crippen LogP contribution in [-0.2, 0) is 13.2 Å². The van der Waals surface area contributed by atoms with Crippen LogP contribution in [0.3, 0.4) is 0 Å². The fourth-order valence-electron chi connectivity index (χ4n) is 3.41. The van der Waals surface area contributed by atoms with Crippen molar-refractivity contribution in [3.8, 4) is 11.5 Å². The fourth-order valence-corrected chi connectivity index (χ4v) is 3.60. The van der Waals surface area contributed by atoms with Gasteiger partial charge in [0, 0.05) is 17.1 Å². The summed E-state index contributed by atoms with van der Waals surface area (Å²) in [6, 6.07) is 21.4. The molecule has 0 spiro atoms. The molecule has 164 valence electrons. The molecule has 0 atom stereocenters. The van der Waals surface area contributed by atoms with Gasteiger partial charge in [0.25, 0.3) is 0 Å². The highest BCUT2D eigenvalue weighted by Gasteiger charge is 2.09. The molecule has 4 rings (SSSR count). The van der Waals surface area contributed by atoms with Crippen LogP contribution in [0.15, 0.2) is 71.8 Å². The minimum absolute atomic E-state index is 0.363. The third kappa shape index (κ3) is 4.86. The SMILES string of the molecule is CCOc1cc(/C=N\Nc2nc3ccccc3n2CC)ccc1OCc1ccccc1Cl. The minimum Gasteiger partial charge on any atom is -0.490 e. The largest absolute Gasteiger partial charge is 0.490 e. The number of fused-ring (bicyclic) bond motifs is 1. The van der Waals surface area contributed by atoms with E-state index in [2.05, 4.69) is 33.1 Å². The number of imidazole rings is 1. The molecular formula is C25H25ClN4O2. The van der Waals surface area contributed by atoms with Gasteiger partial charge in [0.15, 0.2) is 11.5 Å². The number of nitrogens with one attached hydrogen (secondary N) is 1. The van der Waals surface area contributed by atoms with E-state index >= 15 is 0 Å². The molecule has 0 unspecified atom stereocenters. The van der Waals surface area contributed by atoms with Gasteiger partial charge in [-0.1, -0.05) is 41.9 Å². The van der Waals surface area contributed by atoms with Crippen molar-refractivity contribution in [3.05, 3.63) is 82.9 Å². The molecule has 32 heavy (non-hydrogen) atoms. The number of halogens is 1. The maximum Gasteiger partial charge on any atom is 0.224 e. The summed E-state index contributed by atoms with van der Waals surface area (Å²) in [5, 5.41) is 5.06. The molecule has 0 radical (unpaired) electrons. The third-order valence-electron chi connectivity index (χ3n) is 4.96. The molecule has 6 nitrogen and oxygen atoms in total. The van der Waals surface area contributed by atoms with E-state index in [9.17, 15) is 0 Å². The Balaban J connectivity index is 1.49. The number of hydrogen-bond donors (Lipinski definition) is 1. The first-order valence-corrected chi connectivity index (χ1v) is 10.9. The van der Waals surface area contributed by atoms with Crippen LogP contribution < -0.4 is 14.9 Å². The Morgan fingerprint density at radius 2 is 1.81 bits per heavy atom. The first-order valence-electron chi connectivity index (χ1n) is 10.6. The van der Waals surface area contributed by atoms with E-state index in [0.717, 1.165) is 28.7 Å². The molecule has 0 bridgehead atoms. The van der Waals surface area contributed by atoms with Crippen LogP contribution in [0, 0.1) is 0 Å². The zero-order chi connectivity index (χ0) is 22.3. The van der Waals surface area contributed by atoms with E-state index in [1.165, 1.54) is 0 Å². The molecule has 0 fully saturated rings. The average molecular weight is 449 g/mol. The van der Waals surface area contributed by atoms with Gasteiger partial charge in [0.05, 0.1) is 23.9 Å². The molecule has 0 saturated heterocycles. The molecule has 4 aromatic rings. The summed E-state index contributed by atoms with van der Waals surface area (Å²) in [6.07, 6.45) is 1.74. The quantitative estimate of drug-likeness (QED) is 0.247. The molecule has 0 aliphatic rings. The molecule has 0 amide bonds. The zero-order valence-corrected chi connectivity index (χ0v) is 18.8. The van der Waals surface area contributed by atoms with Crippen molar-refractivity contribution in [2.75, 3.05) is 12.0 Å². The smallest absolute Gasteiger partial charge is 0.224 e. The predicted octanol–water partition coefficient (Wildman–Crippen LogP) is 6.13. The number of hydrazone groups is 1. The van der Waals surface area contributed by atoms with E-state index in [1.54, 1.807) is 6.21 Å². The van der Waals surface area contributed by atoms with Crippen LogP contribution in [0.2, 0.25) is 5.02 Å². The lowest BCUT2D eigenvalue weighted by atomic mass is 10.2. The van der Waals surface area contributed by atoms with Crippen molar-refractivity contribution < 1.29 is 9.47 Å². The average Bonchev–Trinajstić information content (AvgIpc) is 3.17. The topological polar surface area (TPSA) is 60.7 Å². The Bertz CT molecular complexity index is 1240. The number of rotatable bonds is 9. The summed E-state index contributed by atoms with van der Waals surface area (Å²) in [6.45, 7) is 5.71. The van der Waals surface area contributed by atoms with Crippen LogP contribution in [0.4, 0.5) is 5.95 Å². The lowest BCUT2D eigenvalue weighted by Gasteiger charge is -2.13. The van der Waals surface area contributed by atoms with Gasteiger partial charge in [0.2, 0.25) is 5.95 Å². The predicted molar refractivity (Wildman–Crippen MR) is 130 cm³/mol. The van der Waals surface area contributed by atoms with Gasteiger partial charge in [-0.05, 0) is 55.8 Å². The Hall–Kier alpha value is -3.51. The number of aromatic nitrogens is 2. The first-order chi connectivity index (χ1) is 15.7. The molecule has 1 heterocycles. The molecule has 1 aromatic heterocycles. The van der Waals surface area contributed by atoms with Gasteiger partial charge >= 0.3 is 0 Å². The second-order valence-electron chi connectivity index (χ2n) is 7.06. The zero-order valence-electron chi connectivity index (χ0n) is 18.1. The number of hydrogen-bond acceptors (Lipinski definition) is 5. The minimum atomic E-state index is 0.363. The van der Waals surface area contributed by atoms with Gasteiger partial charge < -0.3 is 14.0 Å². The Morgan fingerprint density at radius 1 is 1.00 bits per heavy atom. The van der Waals surface area contributed by atoms with E-state index in [-0.39, 0.29) is 0 Å². The van der Waals surface area contributed by atoms with Crippen molar-refractivity contribution >= 4 is 34.8 Å². The van der Waals surface area contributed by atoms with Crippen LogP contribution in [0.5, 0.6) is 11.5 Å². The number of nitrogens with zero attached hydrogens (tertiary/aromatic N) is 3. The maximum atomic E-state index is 6.23. The lowest BCUT2D eigenvalue weighted by Crippen LogP contribution is -2.02. The van der Waals surface area contributed by atoms with E-state index in [4.69, 9.17) is 21.1 Å². The summed E-state index contributed by atoms with van der Waals surface area (Å²) >= 11 is 6.23. The highest BCUT2D eigenvalue weighted by Crippen LogP contribution is 2.29. The van der Waals surface area contributed by atoms with Crippen molar-refractivity contribution in [2.45, 2.75) is 27.0 Å². The summed E-state index contributed by atoms with van der Waals surface area (Å²) in [7, 11) is 0. The monoisotopic (exact) mass is 448 g/mol. The molecule has 7 heteroatoms. The van der Waals surface area contributed by atoms with Gasteiger partial charge in [-0.25, -0.2) is 10.4 Å². The summed E-state index contributed by atoms with van der Waals surface area (Å²) in [5.74, 6) is 2.02. The summed E-state index contributed by atoms with van der Waals surface area (Å²) in [4.78, 5) is 4.62. The normalized spacial score (nSPS) is 11.2. The number of ether oxygens (including phenoxy) is 2. The highest BCUT2D eigenvalue weighted by molar-refractivity contribution is 6.31. The molecule has 0 saturated carbocycles. The molecule has 1 N–H and O–H groups in total. The van der Waals surface area contributed by atoms with E-state index < -0.39 is 0 Å². The Labute approximate surface area is 192 Å². The van der Waals surface area contributed by atoms with Crippen LogP contribution in [-0.4, -0.2) is 22.4 Å². The van der Waals surface area contributed by atoms with Gasteiger partial charge in [-0.3, -0.25) is 0 Å². The molecule has 0 aliphatic carbocycles. The summed E-state index contributed by atoms with van der Waals surface area (Å²) < 4.78 is 13.8. The molecule has 3 aromatic carbocycles. The number of para-hydroxylation sites is 2. The first kappa shape index (κ1) is 21.7. The van der Waals surface area contributed by atoms with Crippen LogP contribution in [0.25, 0.3) is 11.0 Å². The maximum absolute atomic E-state index is 6.23. The van der Waals surface area contributed by atoms with Crippen molar-refractivity contribution in [1.29, 1.82) is 0 Å². The van der Waals surface area contributed by atoms with Crippen molar-refractivity contribution in [3.63, 3.8) is 0 Å².